The van der Waals surface area contributed by atoms with E-state index in [-0.39, 0.29) is 5.91 Å². The zero-order valence-corrected chi connectivity index (χ0v) is 24.0. The Hall–Kier alpha value is -4.00. The summed E-state index contributed by atoms with van der Waals surface area (Å²) in [6.07, 6.45) is 5.58. The van der Waals surface area contributed by atoms with Crippen LogP contribution in [0.3, 0.4) is 0 Å². The number of amides is 1. The molecule has 0 radical (unpaired) electrons. The van der Waals surface area contributed by atoms with Gasteiger partial charge >= 0.3 is 0 Å². The maximum Gasteiger partial charge on any atom is 0.272 e. The van der Waals surface area contributed by atoms with Crippen molar-refractivity contribution in [3.63, 3.8) is 0 Å². The maximum atomic E-state index is 13.7. The number of nitrogens with zero attached hydrogens (tertiary/aromatic N) is 3. The van der Waals surface area contributed by atoms with Gasteiger partial charge < -0.3 is 15.1 Å². The maximum absolute atomic E-state index is 13.7. The number of rotatable bonds is 4. The van der Waals surface area contributed by atoms with E-state index in [1.165, 1.54) is 27.5 Å². The lowest BCUT2D eigenvalue weighted by Gasteiger charge is -2.27. The van der Waals surface area contributed by atoms with Crippen molar-refractivity contribution in [2.24, 2.45) is 4.99 Å². The van der Waals surface area contributed by atoms with Gasteiger partial charge in [-0.05, 0) is 76.8 Å². The average molecular weight is 565 g/mol. The smallest absolute Gasteiger partial charge is 0.272 e. The number of likely N-dealkylation sites (N-methyl/N-ethyl adjacent to an activating group) is 1. The second-order valence-corrected chi connectivity index (χ2v) is 11.0. The fourth-order valence-electron chi connectivity index (χ4n) is 5.55. The third-order valence-corrected chi connectivity index (χ3v) is 8.28. The van der Waals surface area contributed by atoms with Crippen LogP contribution in [-0.2, 0) is 17.8 Å². The van der Waals surface area contributed by atoms with Gasteiger partial charge in [0.1, 0.15) is 0 Å². The van der Waals surface area contributed by atoms with Crippen LogP contribution in [0, 0.1) is 0 Å². The van der Waals surface area contributed by atoms with Gasteiger partial charge in [0.15, 0.2) is 5.11 Å². The summed E-state index contributed by atoms with van der Waals surface area (Å²) >= 11 is 12.3. The van der Waals surface area contributed by atoms with Crippen LogP contribution in [0.5, 0.6) is 0 Å². The second-order valence-electron chi connectivity index (χ2n) is 10.2. The molecule has 0 aromatic heterocycles. The number of aliphatic imine (C=N–C) groups is 1. The van der Waals surface area contributed by atoms with Crippen molar-refractivity contribution < 1.29 is 4.79 Å². The summed E-state index contributed by atoms with van der Waals surface area (Å²) in [7, 11) is 3.72. The van der Waals surface area contributed by atoms with Crippen molar-refractivity contribution in [1.82, 2.24) is 10.2 Å². The predicted octanol–water partition coefficient (Wildman–Crippen LogP) is 6.60. The Morgan fingerprint density at radius 1 is 1.10 bits per heavy atom. The molecule has 1 unspecified atom stereocenters. The summed E-state index contributed by atoms with van der Waals surface area (Å²) in [5.41, 5.74) is 7.02. The zero-order valence-electron chi connectivity index (χ0n) is 22.4. The van der Waals surface area contributed by atoms with E-state index in [0.717, 1.165) is 29.7 Å². The van der Waals surface area contributed by atoms with Crippen LogP contribution in [0.15, 0.2) is 89.9 Å². The summed E-state index contributed by atoms with van der Waals surface area (Å²) < 4.78 is 0. The normalized spacial score (nSPS) is 16.2. The Morgan fingerprint density at radius 2 is 1.88 bits per heavy atom. The van der Waals surface area contributed by atoms with Crippen LogP contribution >= 0.6 is 23.8 Å². The van der Waals surface area contributed by atoms with E-state index in [1.54, 1.807) is 18.0 Å². The molecule has 0 saturated heterocycles. The number of fused-ring (bicyclic) bond motifs is 3. The van der Waals surface area contributed by atoms with E-state index in [2.05, 4.69) is 47.8 Å². The fourth-order valence-corrected chi connectivity index (χ4v) is 5.90. The number of thiocarbonyl (C=S) groups is 1. The van der Waals surface area contributed by atoms with Crippen molar-refractivity contribution in [3.05, 3.63) is 118 Å². The van der Waals surface area contributed by atoms with Gasteiger partial charge in [0.05, 0.1) is 11.4 Å². The van der Waals surface area contributed by atoms with Crippen LogP contribution in [0.2, 0.25) is 5.02 Å². The van der Waals surface area contributed by atoms with Crippen LogP contribution < -0.4 is 10.2 Å². The number of hydrogen-bond donors (Lipinski definition) is 1. The van der Waals surface area contributed by atoms with E-state index < -0.39 is 6.17 Å². The first-order valence-electron chi connectivity index (χ1n) is 13.3. The topological polar surface area (TPSA) is 47.9 Å². The first kappa shape index (κ1) is 26.2. The van der Waals surface area contributed by atoms with Gasteiger partial charge in [0, 0.05) is 36.8 Å². The highest BCUT2D eigenvalue weighted by atomic mass is 35.5. The van der Waals surface area contributed by atoms with Crippen LogP contribution in [0.25, 0.3) is 16.8 Å². The largest absolute Gasteiger partial charge is 0.348 e. The minimum Gasteiger partial charge on any atom is -0.348 e. The predicted molar refractivity (Wildman–Crippen MR) is 169 cm³/mol. The van der Waals surface area contributed by atoms with Crippen LogP contribution in [0.1, 0.15) is 34.2 Å². The lowest BCUT2D eigenvalue weighted by molar-refractivity contribution is -0.119. The number of carbonyl (C=O) groups is 1. The summed E-state index contributed by atoms with van der Waals surface area (Å²) in [4.78, 5) is 22.3. The Balaban J connectivity index is 1.34. The molecule has 40 heavy (non-hydrogen) atoms. The molecule has 200 valence electrons. The number of benzene rings is 4. The number of allylic oxidation sites excluding steroid dienone is 1. The molecule has 1 N–H and O–H groups in total. The fraction of sp³-hybridized carbons (Fsp3) is 0.182. The van der Waals surface area contributed by atoms with Gasteiger partial charge in [-0.25, -0.2) is 4.99 Å². The molecule has 0 fully saturated rings. The molecular weight excluding hydrogens is 536 g/mol. The highest BCUT2D eigenvalue weighted by Gasteiger charge is 2.31. The minimum atomic E-state index is -0.898. The second kappa shape index (κ2) is 10.9. The molecule has 4 aromatic carbocycles. The standard InChI is InChI=1S/C33H29ClN4OS/c1-37(20-28-25-14-8-6-12-22(25)18-23-13-7-9-15-26(23)28)33(40)36-31-32(39)38(2)29-17-16-24(34)19-27(29)30(35-31)21-10-4-3-5-11-21/h3-8,10-14,16-19,31H,9,15,20H2,1-2H3,(H,36,40). The van der Waals surface area contributed by atoms with Gasteiger partial charge in [0.2, 0.25) is 6.17 Å². The molecule has 1 amide bonds. The first-order chi connectivity index (χ1) is 19.4. The third kappa shape index (κ3) is 4.89. The van der Waals surface area contributed by atoms with Gasteiger partial charge in [-0.3, -0.25) is 4.79 Å². The summed E-state index contributed by atoms with van der Waals surface area (Å²) in [5, 5.41) is 6.75. The first-order valence-corrected chi connectivity index (χ1v) is 14.1. The molecule has 6 rings (SSSR count). The van der Waals surface area contributed by atoms with E-state index in [0.29, 0.717) is 22.4 Å². The Morgan fingerprint density at radius 3 is 2.70 bits per heavy atom. The number of hydrogen-bond acceptors (Lipinski definition) is 3. The highest BCUT2D eigenvalue weighted by molar-refractivity contribution is 7.80. The molecule has 1 aliphatic heterocycles. The molecule has 0 spiro atoms. The van der Waals surface area contributed by atoms with Gasteiger partial charge in [-0.1, -0.05) is 78.4 Å². The van der Waals surface area contributed by atoms with Gasteiger partial charge in [0.25, 0.3) is 5.91 Å². The zero-order chi connectivity index (χ0) is 27.8. The van der Waals surface area contributed by atoms with E-state index in [9.17, 15) is 4.79 Å². The van der Waals surface area contributed by atoms with Crippen molar-refractivity contribution in [2.45, 2.75) is 25.6 Å². The molecule has 7 heteroatoms. The van der Waals surface area contributed by atoms with Gasteiger partial charge in [-0.15, -0.1) is 0 Å². The number of anilines is 1. The molecule has 1 aliphatic carbocycles. The average Bonchev–Trinajstić information content (AvgIpc) is 3.07. The number of carbonyl (C=O) groups excluding carboxylic acids is 1. The highest BCUT2D eigenvalue weighted by Crippen LogP contribution is 2.32. The lowest BCUT2D eigenvalue weighted by atomic mass is 9.88. The summed E-state index contributed by atoms with van der Waals surface area (Å²) in [6, 6.07) is 26.1. The lowest BCUT2D eigenvalue weighted by Crippen LogP contribution is -2.49. The minimum absolute atomic E-state index is 0.196. The van der Waals surface area contributed by atoms with Crippen LogP contribution in [0.4, 0.5) is 5.69 Å². The molecule has 2 aliphatic rings. The molecule has 4 aromatic rings. The van der Waals surface area contributed by atoms with Crippen molar-refractivity contribution in [3.8, 4) is 0 Å². The number of benzodiazepines with no additional fused rings is 1. The Labute approximate surface area is 244 Å². The SMILES string of the molecule is CN(Cc1c2c(cc3ccccc13)C=CCC2)C(=S)NC1N=C(c2ccccc2)c2cc(Cl)ccc2N(C)C1=O. The van der Waals surface area contributed by atoms with Crippen LogP contribution in [-0.4, -0.2) is 41.9 Å². The third-order valence-electron chi connectivity index (χ3n) is 7.62. The molecule has 0 bridgehead atoms. The van der Waals surface area contributed by atoms with Crippen molar-refractivity contribution in [1.29, 1.82) is 0 Å². The number of halogens is 1. The monoisotopic (exact) mass is 564 g/mol. The number of nitrogens with one attached hydrogen (secondary N) is 1. The molecular formula is C33H29ClN4OS. The van der Waals surface area contributed by atoms with Crippen molar-refractivity contribution >= 4 is 63.1 Å². The van der Waals surface area contributed by atoms with E-state index in [1.807, 2.05) is 54.4 Å². The Bertz CT molecular complexity index is 1700. The molecule has 0 saturated carbocycles. The molecule has 5 nitrogen and oxygen atoms in total. The molecule has 1 heterocycles. The molecule has 1 atom stereocenters. The summed E-state index contributed by atoms with van der Waals surface area (Å²) in [5.74, 6) is -0.196. The van der Waals surface area contributed by atoms with Gasteiger partial charge in [-0.2, -0.15) is 0 Å². The van der Waals surface area contributed by atoms with Crippen molar-refractivity contribution in [2.75, 3.05) is 19.0 Å². The Kier molecular flexibility index (Phi) is 7.13. The van der Waals surface area contributed by atoms with E-state index >= 15 is 0 Å². The quantitative estimate of drug-likeness (QED) is 0.284. The van der Waals surface area contributed by atoms with E-state index in [4.69, 9.17) is 28.8 Å². The summed E-state index contributed by atoms with van der Waals surface area (Å²) in [6.45, 7) is 0.616.